The minimum Gasteiger partial charge on any atom is -0.339 e. The number of carbonyl (C=O) groups excluding carboxylic acids is 2. The molecule has 1 atom stereocenters. The van der Waals surface area contributed by atoms with E-state index >= 15 is 0 Å². The number of hydrogen-bond acceptors (Lipinski definition) is 2. The number of carbonyl (C=O) groups is 2. The molecule has 1 aliphatic heterocycles. The van der Waals surface area contributed by atoms with Crippen molar-refractivity contribution in [3.05, 3.63) is 29.8 Å². The summed E-state index contributed by atoms with van der Waals surface area (Å²) in [7, 11) is 0. The van der Waals surface area contributed by atoms with E-state index in [4.69, 9.17) is 0 Å². The lowest BCUT2D eigenvalue weighted by Gasteiger charge is -2.31. The number of rotatable bonds is 3. The molecule has 1 N–H and O–H groups in total. The van der Waals surface area contributed by atoms with Crippen molar-refractivity contribution in [2.75, 3.05) is 11.9 Å². The van der Waals surface area contributed by atoms with E-state index in [1.165, 1.54) is 6.42 Å². The van der Waals surface area contributed by atoms with Gasteiger partial charge in [-0.3, -0.25) is 9.59 Å². The van der Waals surface area contributed by atoms with Crippen molar-refractivity contribution in [1.29, 1.82) is 0 Å². The highest BCUT2D eigenvalue weighted by Gasteiger charge is 2.38. The molecule has 0 bridgehead atoms. The Morgan fingerprint density at radius 3 is 2.39 bits per heavy atom. The Morgan fingerprint density at radius 2 is 1.74 bits per heavy atom. The largest absolute Gasteiger partial charge is 0.339 e. The molecule has 1 saturated heterocycles. The highest BCUT2D eigenvalue weighted by Crippen LogP contribution is 2.29. The fraction of sp³-hybridized carbons (Fsp3) is 0.529. The lowest BCUT2D eigenvalue weighted by atomic mass is 9.94. The van der Waals surface area contributed by atoms with Crippen LogP contribution in [0.1, 0.15) is 38.5 Å². The molecule has 124 valence electrons. The van der Waals surface area contributed by atoms with E-state index in [0.29, 0.717) is 6.54 Å². The van der Waals surface area contributed by atoms with Gasteiger partial charge in [0.05, 0.1) is 5.92 Å². The normalized spacial score (nSPS) is 22.4. The van der Waals surface area contributed by atoms with Crippen LogP contribution in [0.2, 0.25) is 0 Å². The summed E-state index contributed by atoms with van der Waals surface area (Å²) in [6, 6.07) is 3.12. The van der Waals surface area contributed by atoms with E-state index in [1.54, 1.807) is 0 Å². The van der Waals surface area contributed by atoms with Crippen molar-refractivity contribution < 1.29 is 18.4 Å². The number of anilines is 1. The second kappa shape index (κ2) is 6.64. The van der Waals surface area contributed by atoms with E-state index in [0.717, 1.165) is 43.9 Å². The van der Waals surface area contributed by atoms with Crippen molar-refractivity contribution >= 4 is 17.5 Å². The van der Waals surface area contributed by atoms with Gasteiger partial charge in [-0.1, -0.05) is 19.3 Å². The molecule has 0 radical (unpaired) electrons. The van der Waals surface area contributed by atoms with Gasteiger partial charge in [0.1, 0.15) is 11.6 Å². The van der Waals surface area contributed by atoms with Crippen molar-refractivity contribution in [3.63, 3.8) is 0 Å². The molecular formula is C17H20F2N2O2. The summed E-state index contributed by atoms with van der Waals surface area (Å²) in [6.07, 6.45) is 5.60. The van der Waals surface area contributed by atoms with E-state index in [1.807, 2.05) is 4.90 Å². The van der Waals surface area contributed by atoms with Crippen LogP contribution < -0.4 is 5.32 Å². The highest BCUT2D eigenvalue weighted by molar-refractivity contribution is 5.97. The summed E-state index contributed by atoms with van der Waals surface area (Å²) in [5.41, 5.74) is 0.0797. The van der Waals surface area contributed by atoms with Crippen LogP contribution in [0.5, 0.6) is 0 Å². The van der Waals surface area contributed by atoms with Crippen LogP contribution in [0, 0.1) is 17.6 Å². The van der Waals surface area contributed by atoms with Gasteiger partial charge in [-0.25, -0.2) is 8.78 Å². The molecule has 3 rings (SSSR count). The highest BCUT2D eigenvalue weighted by atomic mass is 19.1. The van der Waals surface area contributed by atoms with Crippen LogP contribution in [0.4, 0.5) is 14.5 Å². The molecule has 6 heteroatoms. The smallest absolute Gasteiger partial charge is 0.229 e. The number of amides is 2. The first kappa shape index (κ1) is 15.9. The SMILES string of the molecule is O=C(Nc1cc(F)cc(F)c1)[C@@H]1CC(=O)N(C2CCCCC2)C1. The number of nitrogens with one attached hydrogen (secondary N) is 1. The summed E-state index contributed by atoms with van der Waals surface area (Å²) in [6.45, 7) is 0.396. The Labute approximate surface area is 133 Å². The lowest BCUT2D eigenvalue weighted by Crippen LogP contribution is -2.38. The Bertz CT molecular complexity index is 594. The van der Waals surface area contributed by atoms with Gasteiger partial charge < -0.3 is 10.2 Å². The monoisotopic (exact) mass is 322 g/mol. The van der Waals surface area contributed by atoms with E-state index in [9.17, 15) is 18.4 Å². The van der Waals surface area contributed by atoms with Crippen molar-refractivity contribution in [2.45, 2.75) is 44.6 Å². The first-order chi connectivity index (χ1) is 11.0. The minimum atomic E-state index is -0.744. The fourth-order valence-electron chi connectivity index (χ4n) is 3.52. The predicted octanol–water partition coefficient (Wildman–Crippen LogP) is 3.08. The molecule has 2 amide bonds. The zero-order valence-corrected chi connectivity index (χ0v) is 12.9. The van der Waals surface area contributed by atoms with Gasteiger partial charge in [0.2, 0.25) is 11.8 Å². The number of benzene rings is 1. The predicted molar refractivity (Wildman–Crippen MR) is 81.7 cm³/mol. The molecule has 23 heavy (non-hydrogen) atoms. The van der Waals surface area contributed by atoms with Gasteiger partial charge in [-0.15, -0.1) is 0 Å². The van der Waals surface area contributed by atoms with Gasteiger partial charge >= 0.3 is 0 Å². The van der Waals surface area contributed by atoms with Gasteiger partial charge in [-0.2, -0.15) is 0 Å². The summed E-state index contributed by atoms with van der Waals surface area (Å²) in [4.78, 5) is 26.3. The van der Waals surface area contributed by atoms with E-state index in [2.05, 4.69) is 5.32 Å². The van der Waals surface area contributed by atoms with Gasteiger partial charge in [0, 0.05) is 30.8 Å². The zero-order valence-electron chi connectivity index (χ0n) is 12.9. The van der Waals surface area contributed by atoms with Crippen LogP contribution in [0.15, 0.2) is 18.2 Å². The summed E-state index contributed by atoms with van der Waals surface area (Å²) < 4.78 is 26.3. The second-order valence-corrected chi connectivity index (χ2v) is 6.39. The first-order valence-corrected chi connectivity index (χ1v) is 8.09. The van der Waals surface area contributed by atoms with Gasteiger partial charge in [-0.05, 0) is 25.0 Å². The Balaban J connectivity index is 1.63. The lowest BCUT2D eigenvalue weighted by molar-refractivity contribution is -0.130. The van der Waals surface area contributed by atoms with Crippen molar-refractivity contribution in [3.8, 4) is 0 Å². The third-order valence-corrected chi connectivity index (χ3v) is 4.67. The van der Waals surface area contributed by atoms with Gasteiger partial charge in [0.25, 0.3) is 0 Å². The third-order valence-electron chi connectivity index (χ3n) is 4.67. The Morgan fingerprint density at radius 1 is 1.09 bits per heavy atom. The number of nitrogens with zero attached hydrogens (tertiary/aromatic N) is 1. The fourth-order valence-corrected chi connectivity index (χ4v) is 3.52. The van der Waals surface area contributed by atoms with Crippen LogP contribution in [-0.2, 0) is 9.59 Å². The molecule has 0 aromatic heterocycles. The van der Waals surface area contributed by atoms with E-state index in [-0.39, 0.29) is 30.0 Å². The van der Waals surface area contributed by atoms with Crippen LogP contribution >= 0.6 is 0 Å². The molecule has 1 heterocycles. The molecule has 4 nitrogen and oxygen atoms in total. The van der Waals surface area contributed by atoms with Crippen molar-refractivity contribution in [2.24, 2.45) is 5.92 Å². The van der Waals surface area contributed by atoms with Crippen molar-refractivity contribution in [1.82, 2.24) is 4.90 Å². The number of likely N-dealkylation sites (tertiary alicyclic amines) is 1. The molecule has 2 fully saturated rings. The Kier molecular flexibility index (Phi) is 4.59. The summed E-state index contributed by atoms with van der Waals surface area (Å²) in [5.74, 6) is -2.31. The number of halogens is 2. The molecular weight excluding hydrogens is 302 g/mol. The average Bonchev–Trinajstić information content (AvgIpc) is 2.89. The third kappa shape index (κ3) is 3.68. The molecule has 1 aliphatic carbocycles. The van der Waals surface area contributed by atoms with Crippen LogP contribution in [-0.4, -0.2) is 29.3 Å². The molecule has 0 unspecified atom stereocenters. The second-order valence-electron chi connectivity index (χ2n) is 6.39. The maximum Gasteiger partial charge on any atom is 0.229 e. The molecule has 1 saturated carbocycles. The molecule has 0 spiro atoms. The molecule has 1 aromatic rings. The number of hydrogen-bond donors (Lipinski definition) is 1. The minimum absolute atomic E-state index is 0.00229. The van der Waals surface area contributed by atoms with Gasteiger partial charge in [0.15, 0.2) is 0 Å². The first-order valence-electron chi connectivity index (χ1n) is 8.09. The summed E-state index contributed by atoms with van der Waals surface area (Å²) >= 11 is 0. The maximum atomic E-state index is 13.2. The Hall–Kier alpha value is -1.98. The van der Waals surface area contributed by atoms with E-state index < -0.39 is 17.6 Å². The maximum absolute atomic E-state index is 13.2. The molecule has 2 aliphatic rings. The quantitative estimate of drug-likeness (QED) is 0.930. The molecule has 1 aromatic carbocycles. The average molecular weight is 322 g/mol. The summed E-state index contributed by atoms with van der Waals surface area (Å²) in [5, 5.41) is 2.51. The van der Waals surface area contributed by atoms with Crippen LogP contribution in [0.3, 0.4) is 0 Å². The standard InChI is InChI=1S/C17H20F2N2O2/c18-12-7-13(19)9-14(8-12)20-17(23)11-6-16(22)21(10-11)15-4-2-1-3-5-15/h7-9,11,15H,1-6,10H2,(H,20,23)/t11-/m1/s1. The van der Waals surface area contributed by atoms with Crippen LogP contribution in [0.25, 0.3) is 0 Å². The zero-order chi connectivity index (χ0) is 16.4. The topological polar surface area (TPSA) is 49.4 Å².